The monoisotopic (exact) mass is 294 g/mol. The van der Waals surface area contributed by atoms with Crippen LogP contribution in [0, 0.1) is 11.6 Å². The summed E-state index contributed by atoms with van der Waals surface area (Å²) in [6, 6.07) is 3.94. The zero-order valence-corrected chi connectivity index (χ0v) is 12.3. The molecular formula is C16H20F2N2O. The lowest BCUT2D eigenvalue weighted by atomic mass is 10.1. The van der Waals surface area contributed by atoms with E-state index in [1.54, 1.807) is 6.07 Å². The van der Waals surface area contributed by atoms with Crippen LogP contribution in [0.2, 0.25) is 0 Å². The van der Waals surface area contributed by atoms with Crippen LogP contribution in [-0.4, -0.2) is 22.4 Å². The summed E-state index contributed by atoms with van der Waals surface area (Å²) >= 11 is 0. The smallest absolute Gasteiger partial charge is 0.244 e. The van der Waals surface area contributed by atoms with Crippen molar-refractivity contribution < 1.29 is 13.6 Å². The van der Waals surface area contributed by atoms with Gasteiger partial charge in [0, 0.05) is 6.04 Å². The van der Waals surface area contributed by atoms with E-state index in [4.69, 9.17) is 0 Å². The number of nitrogens with one attached hydrogen (secondary N) is 1. The first-order chi connectivity index (χ1) is 9.98. The maximum atomic E-state index is 13.5. The van der Waals surface area contributed by atoms with Gasteiger partial charge in [-0.15, -0.1) is 0 Å². The molecule has 1 saturated carbocycles. The highest BCUT2D eigenvalue weighted by molar-refractivity contribution is 5.92. The summed E-state index contributed by atoms with van der Waals surface area (Å²) in [5, 5.41) is 3.33. The molecule has 1 spiro atoms. The lowest BCUT2D eigenvalue weighted by molar-refractivity contribution is -0.132. The van der Waals surface area contributed by atoms with E-state index in [1.165, 1.54) is 6.07 Å². The van der Waals surface area contributed by atoms with Gasteiger partial charge in [0.05, 0.1) is 0 Å². The third kappa shape index (κ3) is 2.33. The minimum atomic E-state index is -0.874. The number of hydrogen-bond acceptors (Lipinski definition) is 2. The predicted molar refractivity (Wildman–Crippen MR) is 75.4 cm³/mol. The maximum absolute atomic E-state index is 13.5. The highest BCUT2D eigenvalue weighted by Crippen LogP contribution is 2.47. The lowest BCUT2D eigenvalue weighted by Crippen LogP contribution is -2.38. The molecule has 0 radical (unpaired) electrons. The van der Waals surface area contributed by atoms with Crippen LogP contribution in [0.15, 0.2) is 18.2 Å². The Labute approximate surface area is 123 Å². The topological polar surface area (TPSA) is 32.3 Å². The van der Waals surface area contributed by atoms with Crippen LogP contribution in [0.4, 0.5) is 8.78 Å². The number of amides is 1. The normalized spacial score (nSPS) is 24.7. The van der Waals surface area contributed by atoms with Crippen LogP contribution in [0.25, 0.3) is 0 Å². The second kappa shape index (κ2) is 5.05. The van der Waals surface area contributed by atoms with Gasteiger partial charge >= 0.3 is 0 Å². The molecule has 21 heavy (non-hydrogen) atoms. The number of hydrogen-bond donors (Lipinski definition) is 1. The Morgan fingerprint density at radius 2 is 2.10 bits per heavy atom. The predicted octanol–water partition coefficient (Wildman–Crippen LogP) is 3.12. The van der Waals surface area contributed by atoms with E-state index in [2.05, 4.69) is 12.2 Å². The third-order valence-corrected chi connectivity index (χ3v) is 4.53. The summed E-state index contributed by atoms with van der Waals surface area (Å²) in [6.07, 6.45) is 3.14. The molecule has 1 heterocycles. The molecule has 1 amide bonds. The second-order valence-electron chi connectivity index (χ2n) is 6.15. The molecular weight excluding hydrogens is 274 g/mol. The first-order valence-electron chi connectivity index (χ1n) is 7.54. The van der Waals surface area contributed by atoms with Crippen LogP contribution in [0.5, 0.6) is 0 Å². The first kappa shape index (κ1) is 14.4. The molecule has 2 fully saturated rings. The SMILES string of the molecule is CCCC(C)N1C(=O)C2(CC2)NC1c1ccc(F)c(F)c1. The Bertz CT molecular complexity index is 571. The quantitative estimate of drug-likeness (QED) is 0.925. The van der Waals surface area contributed by atoms with E-state index in [9.17, 15) is 13.6 Å². The van der Waals surface area contributed by atoms with Gasteiger partial charge in [0.15, 0.2) is 11.6 Å². The molecule has 114 valence electrons. The van der Waals surface area contributed by atoms with Crippen LogP contribution < -0.4 is 5.32 Å². The van der Waals surface area contributed by atoms with Crippen molar-refractivity contribution in [3.63, 3.8) is 0 Å². The fourth-order valence-electron chi connectivity index (χ4n) is 3.18. The zero-order valence-electron chi connectivity index (χ0n) is 12.3. The fourth-order valence-corrected chi connectivity index (χ4v) is 3.18. The first-order valence-corrected chi connectivity index (χ1v) is 7.54. The Balaban J connectivity index is 1.94. The molecule has 1 N–H and O–H groups in total. The van der Waals surface area contributed by atoms with Gasteiger partial charge < -0.3 is 4.90 Å². The molecule has 1 aliphatic carbocycles. The van der Waals surface area contributed by atoms with Gasteiger partial charge in [0.1, 0.15) is 11.7 Å². The molecule has 2 atom stereocenters. The van der Waals surface area contributed by atoms with Crippen LogP contribution in [0.3, 0.4) is 0 Å². The molecule has 3 rings (SSSR count). The van der Waals surface area contributed by atoms with Gasteiger partial charge in [-0.2, -0.15) is 0 Å². The summed E-state index contributed by atoms with van der Waals surface area (Å²) in [7, 11) is 0. The van der Waals surface area contributed by atoms with E-state index in [-0.39, 0.29) is 18.1 Å². The summed E-state index contributed by atoms with van der Waals surface area (Å²) in [5.74, 6) is -1.64. The minimum Gasteiger partial charge on any atom is -0.319 e. The third-order valence-electron chi connectivity index (χ3n) is 4.53. The van der Waals surface area contributed by atoms with Crippen molar-refractivity contribution in [2.45, 2.75) is 57.3 Å². The Hall–Kier alpha value is -1.49. The zero-order chi connectivity index (χ0) is 15.2. The number of rotatable bonds is 4. The van der Waals surface area contributed by atoms with E-state index < -0.39 is 17.2 Å². The molecule has 5 heteroatoms. The summed E-state index contributed by atoms with van der Waals surface area (Å²) in [4.78, 5) is 14.4. The van der Waals surface area contributed by atoms with Gasteiger partial charge in [0.2, 0.25) is 5.91 Å². The number of nitrogens with zero attached hydrogens (tertiary/aromatic N) is 1. The highest BCUT2D eigenvalue weighted by Gasteiger charge is 2.60. The molecule has 3 nitrogen and oxygen atoms in total. The van der Waals surface area contributed by atoms with Gasteiger partial charge in [-0.3, -0.25) is 10.1 Å². The summed E-state index contributed by atoms with van der Waals surface area (Å²) in [5.41, 5.74) is 0.145. The molecule has 0 aromatic heterocycles. The van der Waals surface area contributed by atoms with Crippen molar-refractivity contribution in [2.75, 3.05) is 0 Å². The van der Waals surface area contributed by atoms with Crippen molar-refractivity contribution in [3.05, 3.63) is 35.4 Å². The minimum absolute atomic E-state index is 0.0769. The Morgan fingerprint density at radius 1 is 1.38 bits per heavy atom. The van der Waals surface area contributed by atoms with Crippen LogP contribution >= 0.6 is 0 Å². The van der Waals surface area contributed by atoms with Crippen molar-refractivity contribution >= 4 is 5.91 Å². The van der Waals surface area contributed by atoms with Crippen molar-refractivity contribution in [2.24, 2.45) is 0 Å². The molecule has 2 aliphatic rings. The van der Waals surface area contributed by atoms with Crippen LogP contribution in [0.1, 0.15) is 51.3 Å². The van der Waals surface area contributed by atoms with Gasteiger partial charge in [0.25, 0.3) is 0 Å². The van der Waals surface area contributed by atoms with Crippen molar-refractivity contribution in [3.8, 4) is 0 Å². The molecule has 1 aliphatic heterocycles. The molecule has 1 saturated heterocycles. The number of halogens is 2. The molecule has 1 aromatic carbocycles. The number of carbonyl (C=O) groups excluding carboxylic acids is 1. The Kier molecular flexibility index (Phi) is 3.48. The lowest BCUT2D eigenvalue weighted by Gasteiger charge is -2.30. The standard InChI is InChI=1S/C16H20F2N2O/c1-3-4-10(2)20-14(19-16(7-8-16)15(20)21)11-5-6-12(17)13(18)9-11/h5-6,9-10,14,19H,3-4,7-8H2,1-2H3. The number of carbonyl (C=O) groups is 1. The van der Waals surface area contributed by atoms with E-state index in [0.717, 1.165) is 31.7 Å². The summed E-state index contributed by atoms with van der Waals surface area (Å²) < 4.78 is 26.6. The fraction of sp³-hybridized carbons (Fsp3) is 0.562. The maximum Gasteiger partial charge on any atom is 0.244 e. The van der Waals surface area contributed by atoms with Gasteiger partial charge in [-0.1, -0.05) is 19.4 Å². The molecule has 1 aromatic rings. The van der Waals surface area contributed by atoms with Crippen LogP contribution in [-0.2, 0) is 4.79 Å². The van der Waals surface area contributed by atoms with Gasteiger partial charge in [-0.25, -0.2) is 8.78 Å². The van der Waals surface area contributed by atoms with Gasteiger partial charge in [-0.05, 0) is 43.9 Å². The van der Waals surface area contributed by atoms with Crippen molar-refractivity contribution in [1.82, 2.24) is 10.2 Å². The average molecular weight is 294 g/mol. The van der Waals surface area contributed by atoms with Crippen molar-refractivity contribution in [1.29, 1.82) is 0 Å². The van der Waals surface area contributed by atoms with E-state index >= 15 is 0 Å². The Morgan fingerprint density at radius 3 is 2.67 bits per heavy atom. The average Bonchev–Trinajstić information content (AvgIpc) is 3.16. The largest absolute Gasteiger partial charge is 0.319 e. The highest BCUT2D eigenvalue weighted by atomic mass is 19.2. The second-order valence-corrected chi connectivity index (χ2v) is 6.15. The number of benzene rings is 1. The molecule has 0 bridgehead atoms. The summed E-state index contributed by atoms with van der Waals surface area (Å²) in [6.45, 7) is 4.08. The van der Waals surface area contributed by atoms with E-state index in [1.807, 2.05) is 11.8 Å². The molecule has 2 unspecified atom stereocenters. The van der Waals surface area contributed by atoms with E-state index in [0.29, 0.717) is 5.56 Å².